The van der Waals surface area contributed by atoms with Crippen molar-refractivity contribution < 1.29 is 4.79 Å². The van der Waals surface area contributed by atoms with Crippen LogP contribution in [0.25, 0.3) is 11.0 Å². The zero-order valence-corrected chi connectivity index (χ0v) is 16.8. The van der Waals surface area contributed by atoms with E-state index < -0.39 is 0 Å². The third-order valence-electron chi connectivity index (χ3n) is 6.47. The number of nitrogens with zero attached hydrogens (tertiary/aromatic N) is 3. The Balaban J connectivity index is 1.14. The quantitative estimate of drug-likeness (QED) is 0.730. The number of imidazole rings is 1. The van der Waals surface area contributed by atoms with Crippen molar-refractivity contribution in [1.29, 1.82) is 0 Å². The second-order valence-corrected chi connectivity index (χ2v) is 8.41. The number of nitrogens with one attached hydrogen (secondary N) is 1. The predicted molar refractivity (Wildman–Crippen MR) is 115 cm³/mol. The summed E-state index contributed by atoms with van der Waals surface area (Å²) in [5, 5.41) is 3.29. The number of aryl methyl sites for hydroxylation is 1. The lowest BCUT2D eigenvalue weighted by Gasteiger charge is -2.37. The standard InChI is InChI=1S/C24H28N4O/c29-24(11-13-28-17-25-22-9-3-4-10-23(22)28)26-20-8-5-12-27(16-20)21-14-18-6-1-2-7-19(18)15-21/h1-4,6-7,9-10,17,20-21H,5,8,11-16H2,(H,26,29)/t20-/m0/s1. The fourth-order valence-corrected chi connectivity index (χ4v) is 4.96. The van der Waals surface area contributed by atoms with Crippen LogP contribution < -0.4 is 5.32 Å². The average Bonchev–Trinajstić information content (AvgIpc) is 3.37. The smallest absolute Gasteiger partial charge is 0.222 e. The molecule has 1 amide bonds. The minimum atomic E-state index is 0.143. The van der Waals surface area contributed by atoms with Crippen LogP contribution in [0, 0.1) is 0 Å². The summed E-state index contributed by atoms with van der Waals surface area (Å²) in [5.41, 5.74) is 5.06. The highest BCUT2D eigenvalue weighted by Crippen LogP contribution is 2.27. The van der Waals surface area contributed by atoms with Gasteiger partial charge in [-0.05, 0) is 55.5 Å². The van der Waals surface area contributed by atoms with E-state index in [0.29, 0.717) is 19.0 Å². The van der Waals surface area contributed by atoms with Gasteiger partial charge in [-0.2, -0.15) is 0 Å². The molecule has 1 aromatic heterocycles. The van der Waals surface area contributed by atoms with Gasteiger partial charge in [0.2, 0.25) is 5.91 Å². The molecule has 0 unspecified atom stereocenters. The summed E-state index contributed by atoms with van der Waals surface area (Å²) in [6.07, 6.45) is 6.85. The van der Waals surface area contributed by atoms with Gasteiger partial charge >= 0.3 is 0 Å². The van der Waals surface area contributed by atoms with Crippen LogP contribution in [-0.4, -0.2) is 45.5 Å². The van der Waals surface area contributed by atoms with Gasteiger partial charge in [-0.1, -0.05) is 36.4 Å². The largest absolute Gasteiger partial charge is 0.352 e. The SMILES string of the molecule is O=C(CCn1cnc2ccccc21)N[C@H]1CCCN(C2Cc3ccccc3C2)C1. The number of hydrogen-bond donors (Lipinski definition) is 1. The number of aromatic nitrogens is 2. The van der Waals surface area contributed by atoms with E-state index in [9.17, 15) is 4.79 Å². The zero-order valence-electron chi connectivity index (χ0n) is 16.8. The highest BCUT2D eigenvalue weighted by Gasteiger charge is 2.30. The Morgan fingerprint density at radius 3 is 2.66 bits per heavy atom. The number of carbonyl (C=O) groups excluding carboxylic acids is 1. The lowest BCUT2D eigenvalue weighted by molar-refractivity contribution is -0.122. The van der Waals surface area contributed by atoms with E-state index in [1.807, 2.05) is 24.5 Å². The summed E-state index contributed by atoms with van der Waals surface area (Å²) in [6.45, 7) is 2.78. The van der Waals surface area contributed by atoms with E-state index in [0.717, 1.165) is 49.8 Å². The van der Waals surface area contributed by atoms with Gasteiger partial charge in [0.15, 0.2) is 0 Å². The fourth-order valence-electron chi connectivity index (χ4n) is 4.96. The molecule has 5 nitrogen and oxygen atoms in total. The van der Waals surface area contributed by atoms with Crippen LogP contribution in [0.5, 0.6) is 0 Å². The number of hydrogen-bond acceptors (Lipinski definition) is 3. The number of piperidine rings is 1. The zero-order chi connectivity index (χ0) is 19.6. The molecule has 2 aliphatic rings. The van der Waals surface area contributed by atoms with Gasteiger partial charge in [-0.25, -0.2) is 4.98 Å². The van der Waals surface area contributed by atoms with Crippen LogP contribution in [0.4, 0.5) is 0 Å². The summed E-state index contributed by atoms with van der Waals surface area (Å²) >= 11 is 0. The van der Waals surface area contributed by atoms with E-state index in [2.05, 4.69) is 50.1 Å². The number of likely N-dealkylation sites (tertiary alicyclic amines) is 1. The fraction of sp³-hybridized carbons (Fsp3) is 0.417. The molecule has 0 bridgehead atoms. The van der Waals surface area contributed by atoms with Crippen LogP contribution in [0.1, 0.15) is 30.4 Å². The number of para-hydroxylation sites is 2. The van der Waals surface area contributed by atoms with Crippen molar-refractivity contribution in [2.45, 2.75) is 50.7 Å². The van der Waals surface area contributed by atoms with E-state index in [1.165, 1.54) is 11.1 Å². The van der Waals surface area contributed by atoms with Crippen LogP contribution in [-0.2, 0) is 24.2 Å². The Kier molecular flexibility index (Phi) is 5.06. The summed E-state index contributed by atoms with van der Waals surface area (Å²) < 4.78 is 2.07. The second-order valence-electron chi connectivity index (χ2n) is 8.41. The maximum absolute atomic E-state index is 12.6. The normalized spacial score (nSPS) is 20.1. The lowest BCUT2D eigenvalue weighted by Crippen LogP contribution is -2.51. The van der Waals surface area contributed by atoms with Crippen LogP contribution >= 0.6 is 0 Å². The summed E-state index contributed by atoms with van der Waals surface area (Å²) in [5.74, 6) is 0.143. The number of amides is 1. The molecule has 1 atom stereocenters. The molecule has 0 radical (unpaired) electrons. The summed E-state index contributed by atoms with van der Waals surface area (Å²) in [6, 6.07) is 17.7. The van der Waals surface area contributed by atoms with Crippen LogP contribution in [0.15, 0.2) is 54.9 Å². The van der Waals surface area contributed by atoms with Gasteiger partial charge < -0.3 is 9.88 Å². The van der Waals surface area contributed by atoms with E-state index in [4.69, 9.17) is 0 Å². The van der Waals surface area contributed by atoms with Crippen molar-refractivity contribution in [2.75, 3.05) is 13.1 Å². The number of rotatable bonds is 5. The Hall–Kier alpha value is -2.66. The topological polar surface area (TPSA) is 50.2 Å². The first kappa shape index (κ1) is 18.4. The Morgan fingerprint density at radius 1 is 1.07 bits per heavy atom. The monoisotopic (exact) mass is 388 g/mol. The molecule has 2 aromatic carbocycles. The highest BCUT2D eigenvalue weighted by atomic mass is 16.1. The average molecular weight is 389 g/mol. The summed E-state index contributed by atoms with van der Waals surface area (Å²) in [4.78, 5) is 19.6. The Morgan fingerprint density at radius 2 is 1.83 bits per heavy atom. The Bertz CT molecular complexity index is 986. The van der Waals surface area contributed by atoms with Crippen molar-refractivity contribution in [1.82, 2.24) is 19.8 Å². The molecule has 29 heavy (non-hydrogen) atoms. The molecular weight excluding hydrogens is 360 g/mol. The molecule has 3 aromatic rings. The van der Waals surface area contributed by atoms with Gasteiger partial charge in [0.1, 0.15) is 0 Å². The molecule has 5 rings (SSSR count). The third-order valence-corrected chi connectivity index (χ3v) is 6.47. The molecule has 0 spiro atoms. The third kappa shape index (κ3) is 3.92. The maximum atomic E-state index is 12.6. The first-order valence-electron chi connectivity index (χ1n) is 10.8. The van der Waals surface area contributed by atoms with Crippen molar-refractivity contribution in [2.24, 2.45) is 0 Å². The van der Waals surface area contributed by atoms with Gasteiger partial charge in [0.05, 0.1) is 17.4 Å². The number of fused-ring (bicyclic) bond motifs is 2. The molecule has 1 aliphatic heterocycles. The lowest BCUT2D eigenvalue weighted by atomic mass is 10.0. The Labute approximate surface area is 171 Å². The molecule has 2 heterocycles. The molecule has 5 heteroatoms. The van der Waals surface area contributed by atoms with E-state index in [-0.39, 0.29) is 11.9 Å². The molecule has 1 aliphatic carbocycles. The van der Waals surface area contributed by atoms with Gasteiger partial charge in [0.25, 0.3) is 0 Å². The van der Waals surface area contributed by atoms with Gasteiger partial charge in [-0.3, -0.25) is 9.69 Å². The van der Waals surface area contributed by atoms with Crippen molar-refractivity contribution in [3.8, 4) is 0 Å². The maximum Gasteiger partial charge on any atom is 0.222 e. The van der Waals surface area contributed by atoms with E-state index in [1.54, 1.807) is 0 Å². The minimum Gasteiger partial charge on any atom is -0.352 e. The minimum absolute atomic E-state index is 0.143. The molecule has 1 N–H and O–H groups in total. The molecule has 0 saturated carbocycles. The molecular formula is C24H28N4O. The van der Waals surface area contributed by atoms with Crippen molar-refractivity contribution in [3.05, 3.63) is 66.0 Å². The molecule has 1 fully saturated rings. The second kappa shape index (κ2) is 7.99. The van der Waals surface area contributed by atoms with Crippen molar-refractivity contribution >= 4 is 16.9 Å². The van der Waals surface area contributed by atoms with Crippen LogP contribution in [0.2, 0.25) is 0 Å². The number of carbonyl (C=O) groups is 1. The van der Waals surface area contributed by atoms with Gasteiger partial charge in [0, 0.05) is 31.6 Å². The molecule has 150 valence electrons. The first-order chi connectivity index (χ1) is 14.3. The van der Waals surface area contributed by atoms with Crippen LogP contribution in [0.3, 0.4) is 0 Å². The van der Waals surface area contributed by atoms with Crippen molar-refractivity contribution in [3.63, 3.8) is 0 Å². The predicted octanol–water partition coefficient (Wildman–Crippen LogP) is 3.17. The van der Waals surface area contributed by atoms with Gasteiger partial charge in [-0.15, -0.1) is 0 Å². The summed E-state index contributed by atoms with van der Waals surface area (Å²) in [7, 11) is 0. The number of benzene rings is 2. The first-order valence-corrected chi connectivity index (χ1v) is 10.8. The van der Waals surface area contributed by atoms with E-state index >= 15 is 0 Å². The highest BCUT2D eigenvalue weighted by molar-refractivity contribution is 5.77. The molecule has 1 saturated heterocycles.